The summed E-state index contributed by atoms with van der Waals surface area (Å²) in [4.78, 5) is 0. The lowest BCUT2D eigenvalue weighted by atomic mass is 9.75. The molecule has 1 heterocycles. The topological polar surface area (TPSA) is 69.9 Å². The summed E-state index contributed by atoms with van der Waals surface area (Å²) in [7, 11) is 0. The quantitative estimate of drug-likeness (QED) is 0.679. The Morgan fingerprint density at radius 2 is 2.04 bits per heavy atom. The third kappa shape index (κ3) is 5.15. The van der Waals surface area contributed by atoms with Crippen LogP contribution in [0.15, 0.2) is 47.6 Å². The molecule has 4 heteroatoms. The molecule has 24 heavy (non-hydrogen) atoms. The van der Waals surface area contributed by atoms with E-state index in [1.807, 2.05) is 25.2 Å². The highest BCUT2D eigenvalue weighted by Gasteiger charge is 2.38. The third-order valence-electron chi connectivity index (χ3n) is 4.72. The molecule has 134 valence electrons. The van der Waals surface area contributed by atoms with Gasteiger partial charge < -0.3 is 20.1 Å². The minimum absolute atomic E-state index is 0.126. The predicted octanol–water partition coefficient (Wildman–Crippen LogP) is 2.87. The number of aliphatic hydroxyl groups is 3. The molecule has 0 spiro atoms. The van der Waals surface area contributed by atoms with Gasteiger partial charge in [0.1, 0.15) is 0 Å². The highest BCUT2D eigenvalue weighted by atomic mass is 16.6. The highest BCUT2D eigenvalue weighted by molar-refractivity contribution is 5.25. The van der Waals surface area contributed by atoms with Gasteiger partial charge in [-0.05, 0) is 51.5 Å². The van der Waals surface area contributed by atoms with Gasteiger partial charge in [0.15, 0.2) is 6.29 Å². The fraction of sp³-hybridized carbons (Fsp3) is 0.600. The molecular weight excluding hydrogens is 304 g/mol. The molecular formula is C20H30O4. The fourth-order valence-electron chi connectivity index (χ4n) is 3.51. The maximum absolute atomic E-state index is 10.3. The van der Waals surface area contributed by atoms with Gasteiger partial charge in [0.05, 0.1) is 18.3 Å². The van der Waals surface area contributed by atoms with Crippen molar-refractivity contribution in [2.45, 2.75) is 58.0 Å². The van der Waals surface area contributed by atoms with Crippen molar-refractivity contribution in [2.75, 3.05) is 6.61 Å². The zero-order valence-corrected chi connectivity index (χ0v) is 14.9. The zero-order valence-electron chi connectivity index (χ0n) is 14.9. The molecule has 1 fully saturated rings. The molecule has 0 bridgehead atoms. The molecule has 4 unspecified atom stereocenters. The molecule has 0 aromatic carbocycles. The van der Waals surface area contributed by atoms with Crippen LogP contribution in [0.25, 0.3) is 0 Å². The summed E-state index contributed by atoms with van der Waals surface area (Å²) >= 11 is 0. The molecule has 1 aliphatic heterocycles. The van der Waals surface area contributed by atoms with Crippen LogP contribution in [0.5, 0.6) is 0 Å². The second-order valence-corrected chi connectivity index (χ2v) is 7.57. The maximum atomic E-state index is 10.3. The van der Waals surface area contributed by atoms with Crippen LogP contribution in [0.1, 0.15) is 40.0 Å². The average molecular weight is 334 g/mol. The summed E-state index contributed by atoms with van der Waals surface area (Å²) < 4.78 is 5.54. The van der Waals surface area contributed by atoms with E-state index in [0.717, 1.165) is 29.6 Å². The van der Waals surface area contributed by atoms with Crippen molar-refractivity contribution in [3.63, 3.8) is 0 Å². The van der Waals surface area contributed by atoms with Crippen LogP contribution in [-0.4, -0.2) is 39.9 Å². The molecule has 0 radical (unpaired) electrons. The van der Waals surface area contributed by atoms with E-state index >= 15 is 0 Å². The summed E-state index contributed by atoms with van der Waals surface area (Å²) in [6, 6.07) is 0. The Bertz CT molecular complexity index is 550. The number of fused-ring (bicyclic) bond motifs is 1. The summed E-state index contributed by atoms with van der Waals surface area (Å²) in [5.74, 6) is -0.0872. The van der Waals surface area contributed by atoms with Crippen LogP contribution in [0.4, 0.5) is 0 Å². The molecule has 2 aliphatic rings. The van der Waals surface area contributed by atoms with E-state index in [-0.39, 0.29) is 11.8 Å². The van der Waals surface area contributed by atoms with E-state index in [9.17, 15) is 15.3 Å². The smallest absolute Gasteiger partial charge is 0.162 e. The van der Waals surface area contributed by atoms with Gasteiger partial charge in [-0.2, -0.15) is 0 Å². The van der Waals surface area contributed by atoms with Gasteiger partial charge in [-0.1, -0.05) is 42.0 Å². The largest absolute Gasteiger partial charge is 0.389 e. The second-order valence-electron chi connectivity index (χ2n) is 7.57. The molecule has 0 aromatic rings. The predicted molar refractivity (Wildman–Crippen MR) is 95.2 cm³/mol. The van der Waals surface area contributed by atoms with E-state index in [0.29, 0.717) is 13.0 Å². The van der Waals surface area contributed by atoms with Gasteiger partial charge in [-0.25, -0.2) is 0 Å². The van der Waals surface area contributed by atoms with E-state index in [4.69, 9.17) is 4.74 Å². The summed E-state index contributed by atoms with van der Waals surface area (Å²) in [5, 5.41) is 30.3. The number of aliphatic hydroxyl groups excluding tert-OH is 2. The van der Waals surface area contributed by atoms with Crippen LogP contribution >= 0.6 is 0 Å². The molecule has 0 amide bonds. The molecule has 2 rings (SSSR count). The lowest BCUT2D eigenvalue weighted by Crippen LogP contribution is -2.39. The molecule has 0 saturated carbocycles. The van der Waals surface area contributed by atoms with Crippen molar-refractivity contribution in [1.29, 1.82) is 0 Å². The fourth-order valence-corrected chi connectivity index (χ4v) is 3.51. The lowest BCUT2D eigenvalue weighted by Gasteiger charge is -2.38. The van der Waals surface area contributed by atoms with E-state index in [1.165, 1.54) is 0 Å². The average Bonchev–Trinajstić information content (AvgIpc) is 2.49. The zero-order chi connectivity index (χ0) is 17.9. The first-order valence-electron chi connectivity index (χ1n) is 8.61. The third-order valence-corrected chi connectivity index (χ3v) is 4.72. The normalized spacial score (nSPS) is 34.5. The van der Waals surface area contributed by atoms with Crippen molar-refractivity contribution >= 4 is 0 Å². The van der Waals surface area contributed by atoms with Crippen molar-refractivity contribution < 1.29 is 20.1 Å². The number of rotatable bonds is 2. The lowest BCUT2D eigenvalue weighted by molar-refractivity contribution is -0.149. The van der Waals surface area contributed by atoms with Crippen molar-refractivity contribution in [3.8, 4) is 0 Å². The Balaban J connectivity index is 2.29. The van der Waals surface area contributed by atoms with Gasteiger partial charge in [0, 0.05) is 5.92 Å². The second kappa shape index (κ2) is 7.79. The highest BCUT2D eigenvalue weighted by Crippen LogP contribution is 2.40. The van der Waals surface area contributed by atoms with Crippen LogP contribution < -0.4 is 0 Å². The molecule has 1 aliphatic carbocycles. The van der Waals surface area contributed by atoms with Gasteiger partial charge in [-0.15, -0.1) is 0 Å². The van der Waals surface area contributed by atoms with Crippen LogP contribution in [-0.2, 0) is 4.74 Å². The van der Waals surface area contributed by atoms with Crippen LogP contribution in [0.3, 0.4) is 0 Å². The Labute approximate surface area is 144 Å². The SMILES string of the molecule is C=C1CC(O)C=C(C)CCC2C(=CC=CC(C)(C)O)COC(O)C12. The molecule has 0 aromatic heterocycles. The van der Waals surface area contributed by atoms with Gasteiger partial charge in [-0.3, -0.25) is 0 Å². The Morgan fingerprint density at radius 3 is 2.71 bits per heavy atom. The summed E-state index contributed by atoms with van der Waals surface area (Å²) in [5.41, 5.74) is 2.21. The van der Waals surface area contributed by atoms with Crippen molar-refractivity contribution in [1.82, 2.24) is 0 Å². The molecule has 4 nitrogen and oxygen atoms in total. The standard InChI is InChI=1S/C20H30O4/c1-13-7-8-17-15(6-5-9-20(3,4)23)12-24-19(22)18(17)14(2)11-16(21)10-13/h5-6,9-10,16-19,21-23H,2,7-8,11-12H2,1,3-4H3. The Kier molecular flexibility index (Phi) is 6.21. The van der Waals surface area contributed by atoms with Crippen LogP contribution in [0, 0.1) is 11.8 Å². The van der Waals surface area contributed by atoms with Crippen molar-refractivity contribution in [3.05, 3.63) is 47.6 Å². The maximum Gasteiger partial charge on any atom is 0.162 e. The number of hydrogen-bond acceptors (Lipinski definition) is 4. The van der Waals surface area contributed by atoms with Crippen molar-refractivity contribution in [2.24, 2.45) is 11.8 Å². The van der Waals surface area contributed by atoms with E-state index in [1.54, 1.807) is 19.9 Å². The number of allylic oxidation sites excluding steroid dienone is 3. The molecule has 1 saturated heterocycles. The summed E-state index contributed by atoms with van der Waals surface area (Å²) in [6.45, 7) is 9.96. The first kappa shape index (κ1) is 19.1. The van der Waals surface area contributed by atoms with E-state index < -0.39 is 18.0 Å². The molecule has 4 atom stereocenters. The number of ether oxygens (including phenoxy) is 1. The first-order valence-corrected chi connectivity index (χ1v) is 8.61. The van der Waals surface area contributed by atoms with Gasteiger partial charge in [0.25, 0.3) is 0 Å². The molecule has 3 N–H and O–H groups in total. The summed E-state index contributed by atoms with van der Waals surface area (Å²) in [6.07, 6.45) is 8.17. The van der Waals surface area contributed by atoms with E-state index in [2.05, 4.69) is 6.58 Å². The van der Waals surface area contributed by atoms with Gasteiger partial charge in [0.2, 0.25) is 0 Å². The van der Waals surface area contributed by atoms with Crippen LogP contribution in [0.2, 0.25) is 0 Å². The monoisotopic (exact) mass is 334 g/mol. The minimum atomic E-state index is -0.886. The minimum Gasteiger partial charge on any atom is -0.389 e. The number of hydrogen-bond donors (Lipinski definition) is 3. The Hall–Kier alpha value is -1.20. The van der Waals surface area contributed by atoms with Gasteiger partial charge >= 0.3 is 0 Å². The Morgan fingerprint density at radius 1 is 1.33 bits per heavy atom. The first-order chi connectivity index (χ1) is 11.2.